The van der Waals surface area contributed by atoms with Crippen LogP contribution in [-0.2, 0) is 20.9 Å². The molecule has 2 aromatic heterocycles. The third kappa shape index (κ3) is 4.15. The number of amides is 2. The van der Waals surface area contributed by atoms with Gasteiger partial charge < -0.3 is 19.1 Å². The highest BCUT2D eigenvalue weighted by Crippen LogP contribution is 2.31. The van der Waals surface area contributed by atoms with Crippen molar-refractivity contribution in [1.82, 2.24) is 19.4 Å². The molecule has 0 radical (unpaired) electrons. The number of morpholine rings is 1. The SMILES string of the molecule is CC(=O)N1CCC[C@@H](c2cc3cccnc3n2CC(=O)N2C[C@@H](C)O[C@@H](C)C2)C1. The van der Waals surface area contributed by atoms with E-state index >= 15 is 0 Å². The maximum atomic E-state index is 13.2. The normalized spacial score (nSPS) is 25.4. The van der Waals surface area contributed by atoms with E-state index in [1.807, 2.05) is 35.8 Å². The van der Waals surface area contributed by atoms with E-state index in [-0.39, 0.29) is 36.5 Å². The van der Waals surface area contributed by atoms with Gasteiger partial charge in [0.15, 0.2) is 0 Å². The van der Waals surface area contributed by atoms with Gasteiger partial charge in [0.1, 0.15) is 12.2 Å². The van der Waals surface area contributed by atoms with Crippen LogP contribution in [0.15, 0.2) is 24.4 Å². The zero-order chi connectivity index (χ0) is 20.5. The van der Waals surface area contributed by atoms with Crippen molar-refractivity contribution < 1.29 is 14.3 Å². The van der Waals surface area contributed by atoms with Gasteiger partial charge in [-0.15, -0.1) is 0 Å². The first kappa shape index (κ1) is 19.9. The van der Waals surface area contributed by atoms with Crippen molar-refractivity contribution >= 4 is 22.8 Å². The molecule has 0 spiro atoms. The highest BCUT2D eigenvalue weighted by molar-refractivity contribution is 5.82. The third-order valence-corrected chi connectivity index (χ3v) is 6.04. The van der Waals surface area contributed by atoms with Crippen molar-refractivity contribution in [3.8, 4) is 0 Å². The highest BCUT2D eigenvalue weighted by Gasteiger charge is 2.29. The van der Waals surface area contributed by atoms with Gasteiger partial charge in [-0.3, -0.25) is 9.59 Å². The van der Waals surface area contributed by atoms with Crippen LogP contribution in [-0.4, -0.2) is 69.6 Å². The molecule has 2 aliphatic heterocycles. The Balaban J connectivity index is 1.63. The van der Waals surface area contributed by atoms with Crippen molar-refractivity contribution in [2.45, 2.75) is 58.3 Å². The van der Waals surface area contributed by atoms with Gasteiger partial charge in [0.05, 0.1) is 12.2 Å². The molecule has 2 fully saturated rings. The van der Waals surface area contributed by atoms with Crippen LogP contribution in [0.2, 0.25) is 0 Å². The number of piperidine rings is 1. The van der Waals surface area contributed by atoms with Crippen molar-refractivity contribution in [3.63, 3.8) is 0 Å². The van der Waals surface area contributed by atoms with Crippen LogP contribution in [0, 0.1) is 0 Å². The fraction of sp³-hybridized carbons (Fsp3) is 0.591. The Labute approximate surface area is 171 Å². The maximum absolute atomic E-state index is 13.2. The lowest BCUT2D eigenvalue weighted by Gasteiger charge is -2.36. The number of aromatic nitrogens is 2. The van der Waals surface area contributed by atoms with Crippen LogP contribution in [0.25, 0.3) is 11.0 Å². The first-order valence-electron chi connectivity index (χ1n) is 10.5. The van der Waals surface area contributed by atoms with Crippen LogP contribution in [0.1, 0.15) is 45.2 Å². The summed E-state index contributed by atoms with van der Waals surface area (Å²) in [7, 11) is 0. The summed E-state index contributed by atoms with van der Waals surface area (Å²) in [6.07, 6.45) is 3.86. The van der Waals surface area contributed by atoms with Gasteiger partial charge in [-0.25, -0.2) is 4.98 Å². The summed E-state index contributed by atoms with van der Waals surface area (Å²) in [5, 5.41) is 1.04. The zero-order valence-electron chi connectivity index (χ0n) is 17.5. The Morgan fingerprint density at radius 1 is 1.17 bits per heavy atom. The first-order chi connectivity index (χ1) is 13.9. The molecule has 7 nitrogen and oxygen atoms in total. The topological polar surface area (TPSA) is 67.7 Å². The Kier molecular flexibility index (Phi) is 5.58. The van der Waals surface area contributed by atoms with Crippen LogP contribution < -0.4 is 0 Å². The fourth-order valence-corrected chi connectivity index (χ4v) is 4.73. The lowest BCUT2D eigenvalue weighted by atomic mass is 9.94. The number of carbonyl (C=O) groups is 2. The molecule has 156 valence electrons. The molecular weight excluding hydrogens is 368 g/mol. The minimum absolute atomic E-state index is 0.0455. The summed E-state index contributed by atoms with van der Waals surface area (Å²) in [4.78, 5) is 33.5. The lowest BCUT2D eigenvalue weighted by Crippen LogP contribution is -2.49. The van der Waals surface area contributed by atoms with Gasteiger partial charge in [-0.2, -0.15) is 0 Å². The van der Waals surface area contributed by atoms with Crippen LogP contribution in [0.3, 0.4) is 0 Å². The van der Waals surface area contributed by atoms with E-state index in [9.17, 15) is 9.59 Å². The van der Waals surface area contributed by atoms with Crippen LogP contribution in [0.5, 0.6) is 0 Å². The molecule has 2 amide bonds. The van der Waals surface area contributed by atoms with Crippen molar-refractivity contribution in [3.05, 3.63) is 30.1 Å². The molecule has 2 saturated heterocycles. The van der Waals surface area contributed by atoms with Gasteiger partial charge in [0, 0.05) is 56.3 Å². The summed E-state index contributed by atoms with van der Waals surface area (Å²) in [5.41, 5.74) is 1.94. The van der Waals surface area contributed by atoms with E-state index in [4.69, 9.17) is 4.74 Å². The molecular formula is C22H30N4O3. The minimum Gasteiger partial charge on any atom is -0.372 e. The van der Waals surface area contributed by atoms with E-state index in [1.54, 1.807) is 13.1 Å². The molecule has 0 aliphatic carbocycles. The van der Waals surface area contributed by atoms with Crippen LogP contribution in [0.4, 0.5) is 0 Å². The Hall–Kier alpha value is -2.41. The monoisotopic (exact) mass is 398 g/mol. The average Bonchev–Trinajstić information content (AvgIpc) is 3.06. The van der Waals surface area contributed by atoms with Gasteiger partial charge in [0.25, 0.3) is 0 Å². The van der Waals surface area contributed by atoms with Gasteiger partial charge in [-0.05, 0) is 44.9 Å². The highest BCUT2D eigenvalue weighted by atomic mass is 16.5. The fourth-order valence-electron chi connectivity index (χ4n) is 4.73. The number of hydrogen-bond donors (Lipinski definition) is 0. The summed E-state index contributed by atoms with van der Waals surface area (Å²) >= 11 is 0. The van der Waals surface area contributed by atoms with E-state index < -0.39 is 0 Å². The number of pyridine rings is 1. The number of hydrogen-bond acceptors (Lipinski definition) is 4. The quantitative estimate of drug-likeness (QED) is 0.796. The van der Waals surface area contributed by atoms with Crippen molar-refractivity contribution in [2.75, 3.05) is 26.2 Å². The summed E-state index contributed by atoms with van der Waals surface area (Å²) in [6, 6.07) is 6.11. The minimum atomic E-state index is 0.0455. The molecule has 0 N–H and O–H groups in total. The zero-order valence-corrected chi connectivity index (χ0v) is 17.5. The molecule has 0 bridgehead atoms. The molecule has 2 aromatic rings. The summed E-state index contributed by atoms with van der Waals surface area (Å²) < 4.78 is 7.84. The Morgan fingerprint density at radius 3 is 2.66 bits per heavy atom. The largest absolute Gasteiger partial charge is 0.372 e. The molecule has 7 heteroatoms. The first-order valence-corrected chi connectivity index (χ1v) is 10.5. The van der Waals surface area contributed by atoms with E-state index in [0.717, 1.165) is 36.1 Å². The summed E-state index contributed by atoms with van der Waals surface area (Å²) in [5.74, 6) is 0.427. The van der Waals surface area contributed by atoms with Gasteiger partial charge >= 0.3 is 0 Å². The second-order valence-electron chi connectivity index (χ2n) is 8.43. The summed E-state index contributed by atoms with van der Waals surface area (Å²) in [6.45, 7) is 8.66. The number of nitrogens with zero attached hydrogens (tertiary/aromatic N) is 4. The van der Waals surface area contributed by atoms with E-state index in [2.05, 4.69) is 15.6 Å². The third-order valence-electron chi connectivity index (χ3n) is 6.04. The van der Waals surface area contributed by atoms with Crippen LogP contribution >= 0.6 is 0 Å². The molecule has 3 atom stereocenters. The predicted molar refractivity (Wildman–Crippen MR) is 111 cm³/mol. The maximum Gasteiger partial charge on any atom is 0.242 e. The Bertz CT molecular complexity index is 899. The standard InChI is InChI=1S/C22H30N4O3/c1-15-11-25(12-16(2)29-15)21(28)14-26-20(10-18-6-4-8-23-22(18)26)19-7-5-9-24(13-19)17(3)27/h4,6,8,10,15-16,19H,5,7,9,11-14H2,1-3H3/t15-,16+,19-/m1/s1. The lowest BCUT2D eigenvalue weighted by molar-refractivity contribution is -0.143. The molecule has 29 heavy (non-hydrogen) atoms. The van der Waals surface area contributed by atoms with E-state index in [0.29, 0.717) is 19.6 Å². The second-order valence-corrected chi connectivity index (χ2v) is 8.43. The number of ether oxygens (including phenoxy) is 1. The molecule has 2 aliphatic rings. The smallest absolute Gasteiger partial charge is 0.242 e. The number of likely N-dealkylation sites (tertiary alicyclic amines) is 1. The average molecular weight is 399 g/mol. The molecule has 4 heterocycles. The number of fused-ring (bicyclic) bond motifs is 1. The molecule has 4 rings (SSSR count). The van der Waals surface area contributed by atoms with Gasteiger partial charge in [0.2, 0.25) is 11.8 Å². The molecule has 0 aromatic carbocycles. The van der Waals surface area contributed by atoms with Crippen molar-refractivity contribution in [1.29, 1.82) is 0 Å². The van der Waals surface area contributed by atoms with E-state index in [1.165, 1.54) is 0 Å². The molecule has 0 saturated carbocycles. The predicted octanol–water partition coefficient (Wildman–Crippen LogP) is 2.40. The van der Waals surface area contributed by atoms with Crippen molar-refractivity contribution in [2.24, 2.45) is 0 Å². The number of rotatable bonds is 3. The van der Waals surface area contributed by atoms with Gasteiger partial charge in [-0.1, -0.05) is 0 Å². The number of carbonyl (C=O) groups excluding carboxylic acids is 2. The molecule has 0 unspecified atom stereocenters. The second kappa shape index (κ2) is 8.14. The Morgan fingerprint density at radius 2 is 1.93 bits per heavy atom.